The maximum absolute atomic E-state index is 4.53. The average molecular weight is 310 g/mol. The first-order valence-electron chi connectivity index (χ1n) is 7.42. The van der Waals surface area contributed by atoms with Crippen LogP contribution in [-0.2, 0) is 0 Å². The number of hydrogen-bond acceptors (Lipinski definition) is 7. The third kappa shape index (κ3) is 4.72. The molecule has 0 spiro atoms. The fourth-order valence-corrected chi connectivity index (χ4v) is 2.80. The van der Waals surface area contributed by atoms with E-state index in [1.165, 1.54) is 0 Å². The minimum atomic E-state index is 0.513. The molecular weight excluding hydrogens is 284 g/mol. The highest BCUT2D eigenvalue weighted by Crippen LogP contribution is 2.17. The summed E-state index contributed by atoms with van der Waals surface area (Å²) in [5.41, 5.74) is 0. The number of anilines is 2. The van der Waals surface area contributed by atoms with E-state index in [0.29, 0.717) is 6.04 Å². The van der Waals surface area contributed by atoms with Gasteiger partial charge in [0.05, 0.1) is 0 Å². The van der Waals surface area contributed by atoms with Crippen LogP contribution in [0.4, 0.5) is 11.6 Å². The Bertz CT molecular complexity index is 455. The van der Waals surface area contributed by atoms with Crippen molar-refractivity contribution < 1.29 is 0 Å². The maximum Gasteiger partial charge on any atom is 0.191 e. The lowest BCUT2D eigenvalue weighted by Gasteiger charge is -2.37. The van der Waals surface area contributed by atoms with Crippen LogP contribution in [0.1, 0.15) is 6.92 Å². The smallest absolute Gasteiger partial charge is 0.191 e. The molecule has 2 heterocycles. The molecule has 0 amide bonds. The van der Waals surface area contributed by atoms with E-state index in [1.807, 2.05) is 12.3 Å². The standard InChI is InChI=1S/C14H26N6S/c1-5-15-12-8-13(18-14(17-12)21-4)16-9-11-10-19(2)6-7-20(11)3/h8,11H,5-7,9-10H2,1-4H3,(H2,15,16,17,18). The fraction of sp³-hybridized carbons (Fsp3) is 0.714. The van der Waals surface area contributed by atoms with E-state index >= 15 is 0 Å². The lowest BCUT2D eigenvalue weighted by Crippen LogP contribution is -2.52. The zero-order valence-electron chi connectivity index (χ0n) is 13.4. The Morgan fingerprint density at radius 1 is 1.24 bits per heavy atom. The molecule has 6 nitrogen and oxygen atoms in total. The van der Waals surface area contributed by atoms with Gasteiger partial charge in [0.2, 0.25) is 0 Å². The molecule has 21 heavy (non-hydrogen) atoms. The molecule has 1 aliphatic heterocycles. The van der Waals surface area contributed by atoms with Crippen LogP contribution in [0.2, 0.25) is 0 Å². The van der Waals surface area contributed by atoms with Gasteiger partial charge in [-0.05, 0) is 27.3 Å². The summed E-state index contributed by atoms with van der Waals surface area (Å²) in [6.45, 7) is 7.18. The lowest BCUT2D eigenvalue weighted by molar-refractivity contribution is 0.122. The van der Waals surface area contributed by atoms with E-state index in [4.69, 9.17) is 0 Å². The zero-order chi connectivity index (χ0) is 15.2. The summed E-state index contributed by atoms with van der Waals surface area (Å²) >= 11 is 1.56. The van der Waals surface area contributed by atoms with E-state index in [0.717, 1.165) is 49.5 Å². The van der Waals surface area contributed by atoms with Gasteiger partial charge in [0, 0.05) is 44.8 Å². The van der Waals surface area contributed by atoms with Gasteiger partial charge in [-0.15, -0.1) is 0 Å². The third-order valence-electron chi connectivity index (χ3n) is 3.75. The number of likely N-dealkylation sites (N-methyl/N-ethyl adjacent to an activating group) is 2. The summed E-state index contributed by atoms with van der Waals surface area (Å²) in [5, 5.41) is 7.52. The highest BCUT2D eigenvalue weighted by atomic mass is 32.2. The number of nitrogens with one attached hydrogen (secondary N) is 2. The minimum Gasteiger partial charge on any atom is -0.370 e. The molecule has 2 N–H and O–H groups in total. The quantitative estimate of drug-likeness (QED) is 0.606. The van der Waals surface area contributed by atoms with Crippen LogP contribution in [0.3, 0.4) is 0 Å². The van der Waals surface area contributed by atoms with E-state index in [-0.39, 0.29) is 0 Å². The van der Waals surface area contributed by atoms with Crippen LogP contribution in [-0.4, -0.2) is 78.9 Å². The molecule has 1 atom stereocenters. The van der Waals surface area contributed by atoms with E-state index < -0.39 is 0 Å². The molecule has 0 aliphatic carbocycles. The van der Waals surface area contributed by atoms with Crippen molar-refractivity contribution in [3.63, 3.8) is 0 Å². The van der Waals surface area contributed by atoms with Crippen molar-refractivity contribution in [3.05, 3.63) is 6.07 Å². The van der Waals surface area contributed by atoms with Crippen molar-refractivity contribution >= 4 is 23.4 Å². The second-order valence-corrected chi connectivity index (χ2v) is 6.21. The highest BCUT2D eigenvalue weighted by Gasteiger charge is 2.21. The third-order valence-corrected chi connectivity index (χ3v) is 4.29. The van der Waals surface area contributed by atoms with Crippen LogP contribution in [0.15, 0.2) is 11.2 Å². The van der Waals surface area contributed by atoms with Crippen LogP contribution >= 0.6 is 11.8 Å². The van der Waals surface area contributed by atoms with Crippen molar-refractivity contribution in [2.75, 3.05) is 63.7 Å². The molecule has 1 fully saturated rings. The monoisotopic (exact) mass is 310 g/mol. The topological polar surface area (TPSA) is 56.3 Å². The van der Waals surface area contributed by atoms with Gasteiger partial charge >= 0.3 is 0 Å². The van der Waals surface area contributed by atoms with Gasteiger partial charge < -0.3 is 15.5 Å². The molecule has 0 radical (unpaired) electrons. The Balaban J connectivity index is 1.99. The van der Waals surface area contributed by atoms with Crippen LogP contribution in [0.5, 0.6) is 0 Å². The Hall–Kier alpha value is -1.05. The summed E-state index contributed by atoms with van der Waals surface area (Å²) in [5.74, 6) is 1.78. The summed E-state index contributed by atoms with van der Waals surface area (Å²) in [6.07, 6.45) is 2.00. The molecule has 7 heteroatoms. The minimum absolute atomic E-state index is 0.513. The Morgan fingerprint density at radius 3 is 2.62 bits per heavy atom. The van der Waals surface area contributed by atoms with Gasteiger partial charge in [0.1, 0.15) is 11.6 Å². The lowest BCUT2D eigenvalue weighted by atomic mass is 10.2. The number of rotatable bonds is 6. The first-order valence-corrected chi connectivity index (χ1v) is 8.64. The van der Waals surface area contributed by atoms with Crippen LogP contribution in [0.25, 0.3) is 0 Å². The summed E-state index contributed by atoms with van der Waals surface area (Å²) in [4.78, 5) is 13.8. The maximum atomic E-state index is 4.53. The Kier molecular flexibility index (Phi) is 6.08. The SMILES string of the molecule is CCNc1cc(NCC2CN(C)CCN2C)nc(SC)n1. The Labute approximate surface area is 131 Å². The molecule has 118 valence electrons. The van der Waals surface area contributed by atoms with Crippen LogP contribution < -0.4 is 10.6 Å². The summed E-state index contributed by atoms with van der Waals surface area (Å²) in [6, 6.07) is 2.49. The van der Waals surface area contributed by atoms with Gasteiger partial charge in [-0.25, -0.2) is 9.97 Å². The van der Waals surface area contributed by atoms with Gasteiger partial charge in [-0.3, -0.25) is 4.90 Å². The fourth-order valence-electron chi connectivity index (χ4n) is 2.42. The zero-order valence-corrected chi connectivity index (χ0v) is 14.2. The average Bonchev–Trinajstić information content (AvgIpc) is 2.48. The Morgan fingerprint density at radius 2 is 1.95 bits per heavy atom. The first-order chi connectivity index (χ1) is 10.1. The molecule has 1 aromatic rings. The van der Waals surface area contributed by atoms with Gasteiger partial charge in [-0.2, -0.15) is 0 Å². The number of thioether (sulfide) groups is 1. The number of piperazine rings is 1. The van der Waals surface area contributed by atoms with Crippen molar-refractivity contribution in [3.8, 4) is 0 Å². The molecule has 1 aromatic heterocycles. The molecular formula is C14H26N6S. The molecule has 2 rings (SSSR count). The predicted octanol–water partition coefficient (Wildman–Crippen LogP) is 1.29. The molecule has 0 bridgehead atoms. The molecule has 0 saturated carbocycles. The molecule has 1 unspecified atom stereocenters. The predicted molar refractivity (Wildman–Crippen MR) is 90.4 cm³/mol. The van der Waals surface area contributed by atoms with Crippen LogP contribution in [0, 0.1) is 0 Å². The molecule has 0 aromatic carbocycles. The van der Waals surface area contributed by atoms with E-state index in [1.54, 1.807) is 11.8 Å². The summed E-state index contributed by atoms with van der Waals surface area (Å²) < 4.78 is 0. The number of hydrogen-bond donors (Lipinski definition) is 2. The highest BCUT2D eigenvalue weighted by molar-refractivity contribution is 7.98. The summed E-state index contributed by atoms with van der Waals surface area (Å²) in [7, 11) is 4.37. The van der Waals surface area contributed by atoms with E-state index in [2.05, 4.69) is 51.4 Å². The van der Waals surface area contributed by atoms with Gasteiger partial charge in [0.25, 0.3) is 0 Å². The van der Waals surface area contributed by atoms with E-state index in [9.17, 15) is 0 Å². The molecule has 1 aliphatic rings. The van der Waals surface area contributed by atoms with Crippen molar-refractivity contribution in [1.29, 1.82) is 0 Å². The van der Waals surface area contributed by atoms with Crippen molar-refractivity contribution in [2.45, 2.75) is 18.1 Å². The number of aromatic nitrogens is 2. The van der Waals surface area contributed by atoms with Crippen molar-refractivity contribution in [1.82, 2.24) is 19.8 Å². The second kappa shape index (κ2) is 7.82. The number of nitrogens with zero attached hydrogens (tertiary/aromatic N) is 4. The molecule has 1 saturated heterocycles. The van der Waals surface area contributed by atoms with Gasteiger partial charge in [0.15, 0.2) is 5.16 Å². The normalized spacial score (nSPS) is 20.5. The largest absolute Gasteiger partial charge is 0.370 e. The van der Waals surface area contributed by atoms with Gasteiger partial charge in [-0.1, -0.05) is 11.8 Å². The first kappa shape index (κ1) is 16.3. The second-order valence-electron chi connectivity index (χ2n) is 5.43. The van der Waals surface area contributed by atoms with Crippen molar-refractivity contribution in [2.24, 2.45) is 0 Å².